The maximum Gasteiger partial charge on any atom is 0.245 e. The molecular formula is C39H56N12O10. The molecule has 0 radical (unpaired) electrons. The van der Waals surface area contributed by atoms with Gasteiger partial charge in [0.15, 0.2) is 0 Å². The summed E-state index contributed by atoms with van der Waals surface area (Å²) >= 11 is 0. The molecule has 2 heterocycles. The first-order valence-corrected chi connectivity index (χ1v) is 19.9. The summed E-state index contributed by atoms with van der Waals surface area (Å²) in [5.74, 6) is -7.92. The SMILES string of the molecule is CCCC[C@H](NC(C)=O)C(=O)N[C@H]1CNC(=O)CCC(=O)NC[C@@H](C(=O)N[C@@H](C)C(N)=O)NC(=O)[C@H](C)NC(=O)[C@@H](Cc2ccccc2)NC(=O)[C@H](Cc2c[nH]cn2)NC1=O. The Kier molecular flexibility index (Phi) is 19.3. The van der Waals surface area contributed by atoms with Crippen LogP contribution in [-0.2, 0) is 60.8 Å². The lowest BCUT2D eigenvalue weighted by atomic mass is 10.0. The molecule has 10 amide bonds. The van der Waals surface area contributed by atoms with Crippen molar-refractivity contribution in [2.45, 2.75) is 115 Å². The van der Waals surface area contributed by atoms with Crippen LogP contribution in [0.4, 0.5) is 0 Å². The Balaban J connectivity index is 2.04. The van der Waals surface area contributed by atoms with Gasteiger partial charge in [-0.15, -0.1) is 0 Å². The first-order chi connectivity index (χ1) is 29.0. The summed E-state index contributed by atoms with van der Waals surface area (Å²) in [6.45, 7) is 4.73. The lowest BCUT2D eigenvalue weighted by Crippen LogP contribution is -2.61. The third-order valence-electron chi connectivity index (χ3n) is 9.45. The fraction of sp³-hybridized carbons (Fsp3) is 0.513. The summed E-state index contributed by atoms with van der Waals surface area (Å²) in [7, 11) is 0. The molecule has 3 rings (SSSR count). The molecule has 2 aromatic rings. The summed E-state index contributed by atoms with van der Waals surface area (Å²) in [6, 6.07) is -0.707. The molecular weight excluding hydrogens is 797 g/mol. The number of nitrogens with zero attached hydrogens (tertiary/aromatic N) is 1. The summed E-state index contributed by atoms with van der Waals surface area (Å²) < 4.78 is 0. The van der Waals surface area contributed by atoms with Crippen LogP contribution >= 0.6 is 0 Å². The standard InChI is InChI=1S/C39H56N12O10/c1-5-6-12-26(47-23(4)52)35(57)51-30-19-43-32(54)14-13-31(53)42-18-29(38(60)45-21(2)33(40)55)50-34(56)22(3)46-36(58)27(15-24-10-8-7-9-11-24)48-37(59)28(49-39(30)61)16-25-17-41-20-44-25/h7-11,17,20-22,26-30H,5-6,12-16,18-19H2,1-4H3,(H2,40,55)(H,41,44)(H,42,53)(H,43,54)(H,45,60)(H,46,58)(H,47,52)(H,48,59)(H,49,61)(H,50,56)(H,51,57)/t21-,22-,26-,27+,28-,29-,30-/m0/s1. The van der Waals surface area contributed by atoms with Gasteiger partial charge in [0.2, 0.25) is 59.1 Å². The molecule has 1 saturated heterocycles. The fourth-order valence-electron chi connectivity index (χ4n) is 5.93. The molecule has 22 nitrogen and oxygen atoms in total. The van der Waals surface area contributed by atoms with Crippen LogP contribution in [0, 0.1) is 0 Å². The van der Waals surface area contributed by atoms with Gasteiger partial charge in [-0.05, 0) is 25.8 Å². The third-order valence-corrected chi connectivity index (χ3v) is 9.45. The summed E-state index contributed by atoms with van der Waals surface area (Å²) in [6.07, 6.45) is 3.20. The van der Waals surface area contributed by atoms with E-state index in [0.717, 1.165) is 0 Å². The van der Waals surface area contributed by atoms with E-state index in [4.69, 9.17) is 5.73 Å². The highest BCUT2D eigenvalue weighted by molar-refractivity contribution is 5.98. The first-order valence-electron chi connectivity index (χ1n) is 19.9. The molecule has 22 heteroatoms. The molecule has 12 N–H and O–H groups in total. The Morgan fingerprint density at radius 2 is 1.44 bits per heavy atom. The molecule has 1 aromatic carbocycles. The molecule has 1 aromatic heterocycles. The lowest BCUT2D eigenvalue weighted by Gasteiger charge is -2.27. The highest BCUT2D eigenvalue weighted by Gasteiger charge is 2.34. The zero-order valence-electron chi connectivity index (χ0n) is 34.6. The van der Waals surface area contributed by atoms with Crippen molar-refractivity contribution >= 4 is 59.1 Å². The number of hydrogen-bond donors (Lipinski definition) is 11. The number of imidazole rings is 1. The van der Waals surface area contributed by atoms with Gasteiger partial charge in [-0.2, -0.15) is 0 Å². The third kappa shape index (κ3) is 16.7. The maximum absolute atomic E-state index is 14.2. The monoisotopic (exact) mass is 852 g/mol. The molecule has 1 aliphatic heterocycles. The number of carbonyl (C=O) groups excluding carboxylic acids is 10. The van der Waals surface area contributed by atoms with E-state index >= 15 is 0 Å². The summed E-state index contributed by atoms with van der Waals surface area (Å²) in [4.78, 5) is 139. The average molecular weight is 853 g/mol. The second-order valence-electron chi connectivity index (χ2n) is 14.6. The van der Waals surface area contributed by atoms with E-state index in [1.54, 1.807) is 30.3 Å². The van der Waals surface area contributed by atoms with Crippen molar-refractivity contribution in [3.8, 4) is 0 Å². The van der Waals surface area contributed by atoms with Crippen LogP contribution in [0.15, 0.2) is 42.9 Å². The fourth-order valence-corrected chi connectivity index (χ4v) is 5.93. The van der Waals surface area contributed by atoms with Crippen LogP contribution in [0.25, 0.3) is 0 Å². The van der Waals surface area contributed by atoms with Crippen LogP contribution < -0.4 is 53.6 Å². The van der Waals surface area contributed by atoms with Gasteiger partial charge in [0.05, 0.1) is 12.0 Å². The normalized spacial score (nSPS) is 22.2. The molecule has 61 heavy (non-hydrogen) atoms. The number of aromatic amines is 1. The van der Waals surface area contributed by atoms with E-state index in [1.807, 2.05) is 6.92 Å². The minimum Gasteiger partial charge on any atom is -0.368 e. The van der Waals surface area contributed by atoms with Gasteiger partial charge in [0.1, 0.15) is 42.3 Å². The number of hydrogen-bond acceptors (Lipinski definition) is 11. The van der Waals surface area contributed by atoms with E-state index in [0.29, 0.717) is 24.1 Å². The Morgan fingerprint density at radius 3 is 2.05 bits per heavy atom. The predicted octanol–water partition coefficient (Wildman–Crippen LogP) is -3.65. The molecule has 332 valence electrons. The molecule has 0 unspecified atom stereocenters. The number of nitrogens with two attached hydrogens (primary N) is 1. The number of nitrogens with one attached hydrogen (secondary N) is 10. The van der Waals surface area contributed by atoms with E-state index in [-0.39, 0.29) is 19.3 Å². The zero-order chi connectivity index (χ0) is 45.1. The number of carbonyl (C=O) groups is 10. The van der Waals surface area contributed by atoms with Crippen molar-refractivity contribution in [1.29, 1.82) is 0 Å². The van der Waals surface area contributed by atoms with Gasteiger partial charge in [-0.25, -0.2) is 4.98 Å². The van der Waals surface area contributed by atoms with Gasteiger partial charge >= 0.3 is 0 Å². The van der Waals surface area contributed by atoms with Crippen LogP contribution in [-0.4, -0.2) is 124 Å². The van der Waals surface area contributed by atoms with Crippen molar-refractivity contribution in [2.24, 2.45) is 5.73 Å². The summed E-state index contributed by atoms with van der Waals surface area (Å²) in [5, 5.41) is 22.6. The van der Waals surface area contributed by atoms with E-state index in [9.17, 15) is 47.9 Å². The topological polar surface area (TPSA) is 334 Å². The Labute approximate surface area is 352 Å². The van der Waals surface area contributed by atoms with Crippen LogP contribution in [0.5, 0.6) is 0 Å². The molecule has 1 aliphatic rings. The second kappa shape index (κ2) is 24.3. The number of rotatable bonds is 13. The number of aromatic nitrogens is 2. The van der Waals surface area contributed by atoms with Crippen LogP contribution in [0.3, 0.4) is 0 Å². The second-order valence-corrected chi connectivity index (χ2v) is 14.6. The molecule has 7 atom stereocenters. The van der Waals surface area contributed by atoms with E-state index in [1.165, 1.54) is 33.3 Å². The Bertz CT molecular complexity index is 1880. The zero-order valence-corrected chi connectivity index (χ0v) is 34.6. The van der Waals surface area contributed by atoms with Gasteiger partial charge in [-0.3, -0.25) is 47.9 Å². The largest absolute Gasteiger partial charge is 0.368 e. The van der Waals surface area contributed by atoms with Crippen molar-refractivity contribution in [2.75, 3.05) is 13.1 Å². The molecule has 0 spiro atoms. The first kappa shape index (κ1) is 48.5. The van der Waals surface area contributed by atoms with Crippen LogP contribution in [0.2, 0.25) is 0 Å². The number of H-pyrrole nitrogens is 1. The Hall–Kier alpha value is -6.87. The predicted molar refractivity (Wildman–Crippen MR) is 217 cm³/mol. The van der Waals surface area contributed by atoms with Crippen molar-refractivity contribution in [3.63, 3.8) is 0 Å². The van der Waals surface area contributed by atoms with Gasteiger partial charge in [0.25, 0.3) is 0 Å². The minimum absolute atomic E-state index is 0.0785. The quantitative estimate of drug-likeness (QED) is 0.0934. The van der Waals surface area contributed by atoms with E-state index in [2.05, 4.69) is 57.8 Å². The van der Waals surface area contributed by atoms with Crippen molar-refractivity contribution < 1.29 is 47.9 Å². The number of primary amides is 1. The molecule has 0 bridgehead atoms. The minimum atomic E-state index is -1.52. The number of unbranched alkanes of at least 4 members (excludes halogenated alkanes) is 1. The van der Waals surface area contributed by atoms with Gasteiger partial charge < -0.3 is 58.6 Å². The molecule has 0 aliphatic carbocycles. The van der Waals surface area contributed by atoms with Crippen LogP contribution in [0.1, 0.15) is 71.1 Å². The lowest BCUT2D eigenvalue weighted by molar-refractivity contribution is -0.135. The Morgan fingerprint density at radius 1 is 0.820 bits per heavy atom. The highest BCUT2D eigenvalue weighted by Crippen LogP contribution is 2.08. The highest BCUT2D eigenvalue weighted by atomic mass is 16.2. The average Bonchev–Trinajstić information content (AvgIpc) is 3.73. The smallest absolute Gasteiger partial charge is 0.245 e. The van der Waals surface area contributed by atoms with E-state index < -0.39 is 127 Å². The molecule has 1 fully saturated rings. The molecule has 0 saturated carbocycles. The van der Waals surface area contributed by atoms with Gasteiger partial charge in [0, 0.05) is 51.9 Å². The van der Waals surface area contributed by atoms with Gasteiger partial charge in [-0.1, -0.05) is 50.1 Å². The maximum atomic E-state index is 14.2. The van der Waals surface area contributed by atoms with Crippen molar-refractivity contribution in [1.82, 2.24) is 57.8 Å². The van der Waals surface area contributed by atoms with Crippen molar-refractivity contribution in [3.05, 3.63) is 54.1 Å². The number of amides is 10. The summed E-state index contributed by atoms with van der Waals surface area (Å²) in [5.41, 5.74) is 6.24. The number of benzene rings is 1.